The standard InChI is InChI=1S/C24H38O5/c1-13(4-7-21(28)29)16-5-6-17-22-18(12-20(27)24(16,17)3)23(2)9-8-15(25)10-14(23)11-19(22)26/h13-19,22,25-26H,4-12H2,1-3H3,(H,28,29)/p-1/t13-,14+,15-,16-,17+,18+,19-,22+,23+,24-/m1/s1. The van der Waals surface area contributed by atoms with E-state index in [0.29, 0.717) is 24.5 Å². The first-order valence-corrected chi connectivity index (χ1v) is 11.7. The number of rotatable bonds is 4. The first-order chi connectivity index (χ1) is 13.6. The van der Waals surface area contributed by atoms with E-state index in [0.717, 1.165) is 38.5 Å². The van der Waals surface area contributed by atoms with Crippen LogP contribution < -0.4 is 5.11 Å². The molecule has 0 saturated heterocycles. The van der Waals surface area contributed by atoms with Crippen LogP contribution in [0.4, 0.5) is 0 Å². The number of aliphatic hydroxyl groups is 2. The molecule has 0 aromatic rings. The Morgan fingerprint density at radius 3 is 2.59 bits per heavy atom. The van der Waals surface area contributed by atoms with Gasteiger partial charge in [-0.05, 0) is 92.3 Å². The normalized spacial score (nSPS) is 50.4. The van der Waals surface area contributed by atoms with E-state index < -0.39 is 17.5 Å². The molecule has 0 unspecified atom stereocenters. The lowest BCUT2D eigenvalue weighted by Crippen LogP contribution is -2.61. The van der Waals surface area contributed by atoms with Crippen LogP contribution in [0.1, 0.15) is 78.6 Å². The van der Waals surface area contributed by atoms with Gasteiger partial charge >= 0.3 is 0 Å². The topological polar surface area (TPSA) is 97.7 Å². The molecule has 10 atom stereocenters. The number of carbonyl (C=O) groups excluding carboxylic acids is 2. The summed E-state index contributed by atoms with van der Waals surface area (Å²) >= 11 is 0. The van der Waals surface area contributed by atoms with Crippen LogP contribution in [0.3, 0.4) is 0 Å². The average molecular weight is 406 g/mol. The van der Waals surface area contributed by atoms with Gasteiger partial charge in [0.15, 0.2) is 0 Å². The predicted molar refractivity (Wildman–Crippen MR) is 106 cm³/mol. The highest BCUT2D eigenvalue weighted by Gasteiger charge is 2.65. The van der Waals surface area contributed by atoms with Crippen molar-refractivity contribution in [3.8, 4) is 0 Å². The summed E-state index contributed by atoms with van der Waals surface area (Å²) < 4.78 is 0. The Bertz CT molecular complexity index is 676. The summed E-state index contributed by atoms with van der Waals surface area (Å²) in [4.78, 5) is 24.6. The number of ketones is 1. The van der Waals surface area contributed by atoms with Crippen molar-refractivity contribution >= 4 is 11.8 Å². The maximum absolute atomic E-state index is 13.6. The van der Waals surface area contributed by atoms with Crippen LogP contribution in [0, 0.1) is 46.3 Å². The van der Waals surface area contributed by atoms with E-state index in [2.05, 4.69) is 20.8 Å². The fourth-order valence-electron chi connectivity index (χ4n) is 8.41. The minimum Gasteiger partial charge on any atom is -0.550 e. The van der Waals surface area contributed by atoms with Gasteiger partial charge in [0.1, 0.15) is 5.78 Å². The molecule has 4 saturated carbocycles. The first kappa shape index (κ1) is 21.3. The van der Waals surface area contributed by atoms with Crippen LogP contribution in [-0.2, 0) is 9.59 Å². The maximum Gasteiger partial charge on any atom is 0.139 e. The summed E-state index contributed by atoms with van der Waals surface area (Å²) in [5.74, 6) is 0.477. The summed E-state index contributed by atoms with van der Waals surface area (Å²) in [5, 5.41) is 32.3. The Balaban J connectivity index is 1.62. The molecule has 2 N–H and O–H groups in total. The zero-order chi connectivity index (χ0) is 21.1. The fraction of sp³-hybridized carbons (Fsp3) is 0.917. The lowest BCUT2D eigenvalue weighted by atomic mass is 9.43. The summed E-state index contributed by atoms with van der Waals surface area (Å²) in [6.07, 6.45) is 5.55. The monoisotopic (exact) mass is 405 g/mol. The molecule has 0 heterocycles. The Labute approximate surface area is 174 Å². The van der Waals surface area contributed by atoms with Crippen molar-refractivity contribution in [3.63, 3.8) is 0 Å². The predicted octanol–water partition coefficient (Wildman–Crippen LogP) is 2.32. The van der Waals surface area contributed by atoms with Gasteiger partial charge in [-0.3, -0.25) is 4.79 Å². The third-order valence-corrected chi connectivity index (χ3v) is 10.1. The van der Waals surface area contributed by atoms with Crippen LogP contribution >= 0.6 is 0 Å². The second-order valence-corrected chi connectivity index (χ2v) is 11.2. The van der Waals surface area contributed by atoms with E-state index in [-0.39, 0.29) is 47.5 Å². The molecular weight excluding hydrogens is 368 g/mol. The van der Waals surface area contributed by atoms with E-state index in [1.54, 1.807) is 0 Å². The number of aliphatic hydroxyl groups excluding tert-OH is 2. The molecular formula is C24H37O5-. The van der Waals surface area contributed by atoms with Crippen LogP contribution in [0.2, 0.25) is 0 Å². The van der Waals surface area contributed by atoms with Crippen LogP contribution in [0.15, 0.2) is 0 Å². The van der Waals surface area contributed by atoms with Crippen LogP contribution in [0.25, 0.3) is 0 Å². The molecule has 0 aliphatic heterocycles. The summed E-state index contributed by atoms with van der Waals surface area (Å²) in [5.41, 5.74) is -0.427. The third kappa shape index (κ3) is 3.18. The largest absolute Gasteiger partial charge is 0.550 e. The molecule has 0 spiro atoms. The lowest BCUT2D eigenvalue weighted by molar-refractivity contribution is -0.306. The van der Waals surface area contributed by atoms with E-state index in [4.69, 9.17) is 0 Å². The van der Waals surface area contributed by atoms with Crippen molar-refractivity contribution in [2.45, 2.75) is 90.8 Å². The van der Waals surface area contributed by atoms with E-state index >= 15 is 0 Å². The van der Waals surface area contributed by atoms with Gasteiger partial charge in [-0.25, -0.2) is 0 Å². The number of hydrogen-bond acceptors (Lipinski definition) is 5. The van der Waals surface area contributed by atoms with Crippen molar-refractivity contribution in [1.29, 1.82) is 0 Å². The lowest BCUT2D eigenvalue weighted by Gasteiger charge is -2.61. The summed E-state index contributed by atoms with van der Waals surface area (Å²) in [7, 11) is 0. The van der Waals surface area contributed by atoms with E-state index in [1.165, 1.54) is 0 Å². The summed E-state index contributed by atoms with van der Waals surface area (Å²) in [6.45, 7) is 6.49. The van der Waals surface area contributed by atoms with Crippen molar-refractivity contribution in [2.24, 2.45) is 46.3 Å². The molecule has 0 radical (unpaired) electrons. The maximum atomic E-state index is 13.6. The number of carbonyl (C=O) groups is 2. The van der Waals surface area contributed by atoms with Crippen LogP contribution in [0.5, 0.6) is 0 Å². The molecule has 0 amide bonds. The molecule has 5 heteroatoms. The van der Waals surface area contributed by atoms with Crippen LogP contribution in [-0.4, -0.2) is 34.2 Å². The van der Waals surface area contributed by atoms with Gasteiger partial charge in [0.2, 0.25) is 0 Å². The highest BCUT2D eigenvalue weighted by Crippen LogP contribution is 2.67. The number of Topliss-reactive ketones (excluding diaryl/α,β-unsaturated/α-hetero) is 1. The van der Waals surface area contributed by atoms with Crippen molar-refractivity contribution < 1.29 is 24.9 Å². The number of aliphatic carboxylic acids is 1. The van der Waals surface area contributed by atoms with Gasteiger partial charge in [0.05, 0.1) is 12.2 Å². The number of hydrogen-bond donors (Lipinski definition) is 2. The number of carboxylic acid groups (broad SMARTS) is 1. The Kier molecular flexibility index (Phi) is 5.39. The fourth-order valence-corrected chi connectivity index (χ4v) is 8.41. The van der Waals surface area contributed by atoms with Gasteiger partial charge in [0, 0.05) is 17.8 Å². The van der Waals surface area contributed by atoms with Gasteiger partial charge in [-0.2, -0.15) is 0 Å². The Hall–Kier alpha value is -0.940. The second kappa shape index (κ2) is 7.33. The zero-order valence-electron chi connectivity index (χ0n) is 18.1. The number of carboxylic acids is 1. The average Bonchev–Trinajstić information content (AvgIpc) is 3.01. The molecule has 0 bridgehead atoms. The van der Waals surface area contributed by atoms with E-state index in [9.17, 15) is 24.9 Å². The molecule has 4 fully saturated rings. The quantitative estimate of drug-likeness (QED) is 0.748. The van der Waals surface area contributed by atoms with Gasteiger partial charge < -0.3 is 20.1 Å². The smallest absolute Gasteiger partial charge is 0.139 e. The molecule has 164 valence electrons. The SMILES string of the molecule is C[C@H](CCC(=O)[O-])[C@H]1CC[C@H]2[C@@H]3[C@H](O)C[C@@H]4C[C@H](O)CC[C@]4(C)[C@H]3CC(=O)[C@]12C. The molecule has 4 aliphatic carbocycles. The highest BCUT2D eigenvalue weighted by atomic mass is 16.4. The Morgan fingerprint density at radius 1 is 1.17 bits per heavy atom. The van der Waals surface area contributed by atoms with Crippen molar-refractivity contribution in [2.75, 3.05) is 0 Å². The molecule has 29 heavy (non-hydrogen) atoms. The highest BCUT2D eigenvalue weighted by molar-refractivity contribution is 5.87. The van der Waals surface area contributed by atoms with Gasteiger partial charge in [0.25, 0.3) is 0 Å². The van der Waals surface area contributed by atoms with E-state index in [1.807, 2.05) is 0 Å². The minimum atomic E-state index is -1.02. The van der Waals surface area contributed by atoms with Gasteiger partial charge in [-0.15, -0.1) is 0 Å². The molecule has 0 aromatic heterocycles. The minimum absolute atomic E-state index is 0.0266. The molecule has 4 aliphatic rings. The molecule has 0 aromatic carbocycles. The number of fused-ring (bicyclic) bond motifs is 5. The Morgan fingerprint density at radius 2 is 1.90 bits per heavy atom. The summed E-state index contributed by atoms with van der Waals surface area (Å²) in [6, 6.07) is 0. The van der Waals surface area contributed by atoms with Crippen molar-refractivity contribution in [3.05, 3.63) is 0 Å². The zero-order valence-corrected chi connectivity index (χ0v) is 18.1. The second-order valence-electron chi connectivity index (χ2n) is 11.2. The third-order valence-electron chi connectivity index (χ3n) is 10.1. The molecule has 4 rings (SSSR count). The van der Waals surface area contributed by atoms with Gasteiger partial charge in [-0.1, -0.05) is 20.8 Å². The molecule has 5 nitrogen and oxygen atoms in total. The first-order valence-electron chi connectivity index (χ1n) is 11.7. The van der Waals surface area contributed by atoms with Crippen molar-refractivity contribution in [1.82, 2.24) is 0 Å².